The van der Waals surface area contributed by atoms with Crippen LogP contribution >= 0.6 is 0 Å². The minimum atomic E-state index is -0.637. The smallest absolute Gasteiger partial charge is 0.187 e. The SMILES string of the molecule is OC[C@H]1OC(OCc2ccccc2)[C@@H](OCc2ccccc2)[C@@H]1OCc1ccccc1. The van der Waals surface area contributed by atoms with E-state index in [4.69, 9.17) is 18.9 Å². The van der Waals surface area contributed by atoms with E-state index in [-0.39, 0.29) is 6.61 Å². The summed E-state index contributed by atoms with van der Waals surface area (Å²) in [5.41, 5.74) is 3.15. The second-order valence-electron chi connectivity index (χ2n) is 7.54. The molecule has 3 aromatic carbocycles. The molecule has 0 saturated carbocycles. The number of ether oxygens (including phenoxy) is 4. The lowest BCUT2D eigenvalue weighted by atomic mass is 10.1. The van der Waals surface area contributed by atoms with E-state index in [1.165, 1.54) is 0 Å². The molecule has 1 saturated heterocycles. The average molecular weight is 421 g/mol. The number of aliphatic hydroxyl groups is 1. The first kappa shape index (κ1) is 21.7. The molecular weight excluding hydrogens is 392 g/mol. The van der Waals surface area contributed by atoms with Gasteiger partial charge in [0, 0.05) is 0 Å². The predicted octanol–water partition coefficient (Wildman–Crippen LogP) is 4.09. The normalized spacial score (nSPS) is 23.1. The van der Waals surface area contributed by atoms with Crippen LogP contribution in [-0.2, 0) is 38.8 Å². The van der Waals surface area contributed by atoms with Crippen molar-refractivity contribution in [1.82, 2.24) is 0 Å². The molecule has 1 aliphatic heterocycles. The Morgan fingerprint density at radius 1 is 0.581 bits per heavy atom. The molecule has 0 spiro atoms. The quantitative estimate of drug-likeness (QED) is 0.535. The third-order valence-electron chi connectivity index (χ3n) is 5.27. The zero-order valence-corrected chi connectivity index (χ0v) is 17.4. The van der Waals surface area contributed by atoms with Crippen LogP contribution in [0.3, 0.4) is 0 Å². The fraction of sp³-hybridized carbons (Fsp3) is 0.308. The van der Waals surface area contributed by atoms with Crippen LogP contribution in [0, 0.1) is 0 Å². The lowest BCUT2D eigenvalue weighted by Gasteiger charge is -2.24. The molecule has 1 aliphatic rings. The standard InChI is InChI=1S/C26H28O5/c27-16-23-24(28-17-20-10-4-1-5-11-20)25(29-18-21-12-6-2-7-13-21)26(31-23)30-19-22-14-8-3-9-15-22/h1-15,23-27H,16-19H2/t23-,24-,25+,26?/m1/s1. The highest BCUT2D eigenvalue weighted by molar-refractivity contribution is 5.15. The van der Waals surface area contributed by atoms with E-state index < -0.39 is 24.6 Å². The Morgan fingerprint density at radius 2 is 1.00 bits per heavy atom. The van der Waals surface area contributed by atoms with Gasteiger partial charge in [-0.15, -0.1) is 0 Å². The lowest BCUT2D eigenvalue weighted by molar-refractivity contribution is -0.189. The summed E-state index contributed by atoms with van der Waals surface area (Å²) < 4.78 is 24.5. The van der Waals surface area contributed by atoms with Crippen molar-refractivity contribution in [2.45, 2.75) is 44.4 Å². The molecule has 5 nitrogen and oxygen atoms in total. The van der Waals surface area contributed by atoms with E-state index in [0.717, 1.165) is 16.7 Å². The molecule has 4 atom stereocenters. The van der Waals surface area contributed by atoms with Crippen LogP contribution in [-0.4, -0.2) is 36.3 Å². The van der Waals surface area contributed by atoms with Crippen molar-refractivity contribution in [3.8, 4) is 0 Å². The van der Waals surface area contributed by atoms with Crippen molar-refractivity contribution in [3.05, 3.63) is 108 Å². The number of hydrogen-bond acceptors (Lipinski definition) is 5. The Labute approximate surface area is 183 Å². The number of benzene rings is 3. The first-order chi connectivity index (χ1) is 15.3. The van der Waals surface area contributed by atoms with Gasteiger partial charge in [-0.2, -0.15) is 0 Å². The Morgan fingerprint density at radius 3 is 1.45 bits per heavy atom. The molecule has 0 radical (unpaired) electrons. The average Bonchev–Trinajstić information content (AvgIpc) is 3.18. The van der Waals surface area contributed by atoms with E-state index >= 15 is 0 Å². The monoisotopic (exact) mass is 420 g/mol. The molecule has 5 heteroatoms. The zero-order valence-electron chi connectivity index (χ0n) is 17.4. The molecule has 0 amide bonds. The lowest BCUT2D eigenvalue weighted by Crippen LogP contribution is -2.39. The van der Waals surface area contributed by atoms with Crippen molar-refractivity contribution in [2.24, 2.45) is 0 Å². The highest BCUT2D eigenvalue weighted by Gasteiger charge is 2.46. The van der Waals surface area contributed by atoms with Crippen LogP contribution in [0.5, 0.6) is 0 Å². The van der Waals surface area contributed by atoms with Crippen LogP contribution in [0.1, 0.15) is 16.7 Å². The number of hydrogen-bond donors (Lipinski definition) is 1. The van der Waals surface area contributed by atoms with Gasteiger partial charge in [-0.3, -0.25) is 0 Å². The summed E-state index contributed by atoms with van der Waals surface area (Å²) in [6.07, 6.45) is -2.08. The summed E-state index contributed by atoms with van der Waals surface area (Å²) in [6, 6.07) is 29.8. The van der Waals surface area contributed by atoms with E-state index in [9.17, 15) is 5.11 Å². The third kappa shape index (κ3) is 6.00. The Kier molecular flexibility index (Phi) is 7.82. The van der Waals surface area contributed by atoms with Crippen LogP contribution in [0.2, 0.25) is 0 Å². The van der Waals surface area contributed by atoms with Crippen LogP contribution in [0.15, 0.2) is 91.0 Å². The van der Waals surface area contributed by atoms with E-state index in [1.807, 2.05) is 91.0 Å². The van der Waals surface area contributed by atoms with Gasteiger partial charge in [0.05, 0.1) is 26.4 Å². The molecule has 0 aromatic heterocycles. The topological polar surface area (TPSA) is 57.2 Å². The Hall–Kier alpha value is -2.54. The minimum absolute atomic E-state index is 0.171. The maximum Gasteiger partial charge on any atom is 0.187 e. The first-order valence-corrected chi connectivity index (χ1v) is 10.6. The fourth-order valence-corrected chi connectivity index (χ4v) is 3.64. The summed E-state index contributed by atoms with van der Waals surface area (Å²) >= 11 is 0. The second kappa shape index (κ2) is 11.2. The summed E-state index contributed by atoms with van der Waals surface area (Å²) in [7, 11) is 0. The van der Waals surface area contributed by atoms with Crippen molar-refractivity contribution in [1.29, 1.82) is 0 Å². The molecule has 4 rings (SSSR count). The fourth-order valence-electron chi connectivity index (χ4n) is 3.64. The predicted molar refractivity (Wildman–Crippen MR) is 117 cm³/mol. The van der Waals surface area contributed by atoms with E-state index in [2.05, 4.69) is 0 Å². The van der Waals surface area contributed by atoms with Crippen LogP contribution in [0.4, 0.5) is 0 Å². The van der Waals surface area contributed by atoms with Crippen molar-refractivity contribution in [3.63, 3.8) is 0 Å². The molecule has 3 aromatic rings. The van der Waals surface area contributed by atoms with Gasteiger partial charge in [0.15, 0.2) is 6.29 Å². The van der Waals surface area contributed by atoms with Crippen molar-refractivity contribution in [2.75, 3.05) is 6.61 Å². The minimum Gasteiger partial charge on any atom is -0.394 e. The molecule has 1 unspecified atom stereocenters. The highest BCUT2D eigenvalue weighted by Crippen LogP contribution is 2.29. The van der Waals surface area contributed by atoms with Gasteiger partial charge in [-0.05, 0) is 16.7 Å². The van der Waals surface area contributed by atoms with Gasteiger partial charge < -0.3 is 24.1 Å². The summed E-state index contributed by atoms with van der Waals surface area (Å²) in [5, 5.41) is 9.92. The largest absolute Gasteiger partial charge is 0.394 e. The molecule has 31 heavy (non-hydrogen) atoms. The molecule has 0 bridgehead atoms. The molecule has 1 fully saturated rings. The highest BCUT2D eigenvalue weighted by atomic mass is 16.7. The van der Waals surface area contributed by atoms with Gasteiger partial charge in [-0.25, -0.2) is 0 Å². The van der Waals surface area contributed by atoms with Gasteiger partial charge >= 0.3 is 0 Å². The zero-order chi connectivity index (χ0) is 21.3. The Balaban J connectivity index is 1.46. The first-order valence-electron chi connectivity index (χ1n) is 10.6. The molecule has 1 heterocycles. The Bertz CT molecular complexity index is 887. The summed E-state index contributed by atoms with van der Waals surface area (Å²) in [4.78, 5) is 0. The van der Waals surface area contributed by atoms with Crippen LogP contribution in [0.25, 0.3) is 0 Å². The van der Waals surface area contributed by atoms with Gasteiger partial charge in [0.25, 0.3) is 0 Å². The number of aliphatic hydroxyl groups excluding tert-OH is 1. The summed E-state index contributed by atoms with van der Waals surface area (Å²) in [5.74, 6) is 0. The van der Waals surface area contributed by atoms with Gasteiger partial charge in [-0.1, -0.05) is 91.0 Å². The molecular formula is C26H28O5. The third-order valence-corrected chi connectivity index (χ3v) is 5.27. The number of rotatable bonds is 10. The maximum atomic E-state index is 9.92. The van der Waals surface area contributed by atoms with Crippen molar-refractivity contribution >= 4 is 0 Å². The maximum absolute atomic E-state index is 9.92. The molecule has 1 N–H and O–H groups in total. The van der Waals surface area contributed by atoms with Crippen molar-refractivity contribution < 1.29 is 24.1 Å². The molecule has 0 aliphatic carbocycles. The van der Waals surface area contributed by atoms with E-state index in [0.29, 0.717) is 19.8 Å². The molecule has 162 valence electrons. The van der Waals surface area contributed by atoms with Gasteiger partial charge in [0.2, 0.25) is 0 Å². The van der Waals surface area contributed by atoms with Crippen LogP contribution < -0.4 is 0 Å². The summed E-state index contributed by atoms with van der Waals surface area (Å²) in [6.45, 7) is 1.03. The van der Waals surface area contributed by atoms with Gasteiger partial charge in [0.1, 0.15) is 18.3 Å². The van der Waals surface area contributed by atoms with E-state index in [1.54, 1.807) is 0 Å². The second-order valence-corrected chi connectivity index (χ2v) is 7.54.